The Bertz CT molecular complexity index is 240. The number of rotatable bonds is 12. The maximum atomic E-state index is 9.83. The molecule has 0 aliphatic carbocycles. The minimum atomic E-state index is -2.91. The normalized spacial score (nSPS) is 12.3. The standard InChI is InChI=1S/C14H33O2PS2/c1-3-5-7-9-11-13-19(17(15,16)18)14-12-10-8-6-4-2/h15-16,18H,3-14H2,1-2H3. The Morgan fingerprint density at radius 1 is 0.737 bits per heavy atom. The van der Waals surface area contributed by atoms with Gasteiger partial charge in [0.2, 0.25) is 0 Å². The third-order valence-corrected chi connectivity index (χ3v) is 10.8. The van der Waals surface area contributed by atoms with Crippen LogP contribution in [0, 0.1) is 0 Å². The van der Waals surface area contributed by atoms with Crippen LogP contribution in [0.2, 0.25) is 0 Å². The molecule has 2 N–H and O–H groups in total. The lowest BCUT2D eigenvalue weighted by Gasteiger charge is -2.16. The van der Waals surface area contributed by atoms with E-state index in [4.69, 9.17) is 0 Å². The van der Waals surface area contributed by atoms with Crippen molar-refractivity contribution in [3.63, 3.8) is 0 Å². The van der Waals surface area contributed by atoms with Crippen molar-refractivity contribution in [2.24, 2.45) is 0 Å². The van der Waals surface area contributed by atoms with E-state index >= 15 is 0 Å². The first-order valence-corrected chi connectivity index (χ1v) is 12.8. The van der Waals surface area contributed by atoms with E-state index in [1.807, 2.05) is 0 Å². The van der Waals surface area contributed by atoms with Gasteiger partial charge in [-0.05, 0) is 24.3 Å². The molecule has 0 atom stereocenters. The maximum Gasteiger partial charge on any atom is 0.198 e. The van der Waals surface area contributed by atoms with Crippen molar-refractivity contribution in [3.8, 4) is 0 Å². The number of hydrogen-bond donors (Lipinski definition) is 3. The summed E-state index contributed by atoms with van der Waals surface area (Å²) >= 11 is 4.07. The topological polar surface area (TPSA) is 40.5 Å². The second-order valence-corrected chi connectivity index (χ2v) is 13.5. The molecule has 0 radical (unpaired) electrons. The minimum absolute atomic E-state index is 0.266. The lowest BCUT2D eigenvalue weighted by atomic mass is 10.2. The summed E-state index contributed by atoms with van der Waals surface area (Å²) < 4.78 is 0. The van der Waals surface area contributed by atoms with Gasteiger partial charge in [0.15, 0.2) is 5.69 Å². The van der Waals surface area contributed by atoms with Crippen molar-refractivity contribution in [1.82, 2.24) is 0 Å². The monoisotopic (exact) mass is 328 g/mol. The van der Waals surface area contributed by atoms with Crippen LogP contribution in [-0.4, -0.2) is 21.3 Å². The van der Waals surface area contributed by atoms with E-state index in [9.17, 15) is 9.79 Å². The molecule has 2 nitrogen and oxygen atoms in total. The predicted octanol–water partition coefficient (Wildman–Crippen LogP) is 5.14. The van der Waals surface area contributed by atoms with Crippen LogP contribution in [0.1, 0.15) is 78.1 Å². The van der Waals surface area contributed by atoms with Crippen LogP contribution >= 0.6 is 17.9 Å². The lowest BCUT2D eigenvalue weighted by Crippen LogP contribution is -2.04. The molecule has 0 spiro atoms. The first-order chi connectivity index (χ1) is 9.02. The summed E-state index contributed by atoms with van der Waals surface area (Å²) in [4.78, 5) is 19.7. The molecule has 118 valence electrons. The molecule has 0 amide bonds. The quantitative estimate of drug-likeness (QED) is 0.264. The van der Waals surface area contributed by atoms with Gasteiger partial charge >= 0.3 is 0 Å². The Morgan fingerprint density at radius 3 is 1.42 bits per heavy atom. The lowest BCUT2D eigenvalue weighted by molar-refractivity contribution is 0.502. The van der Waals surface area contributed by atoms with Gasteiger partial charge in [-0.2, -0.15) is 0 Å². The van der Waals surface area contributed by atoms with Crippen molar-refractivity contribution in [2.75, 3.05) is 11.5 Å². The van der Waals surface area contributed by atoms with Crippen LogP contribution < -0.4 is 0 Å². The smallest absolute Gasteiger partial charge is 0.198 e. The Balaban J connectivity index is 3.93. The molecular weight excluding hydrogens is 295 g/mol. The van der Waals surface area contributed by atoms with Crippen molar-refractivity contribution in [2.45, 2.75) is 78.1 Å². The number of thiol groups is 1. The average molecular weight is 329 g/mol. The van der Waals surface area contributed by atoms with E-state index in [1.165, 1.54) is 51.4 Å². The summed E-state index contributed by atoms with van der Waals surface area (Å²) in [5.74, 6) is 1.92. The minimum Gasteiger partial charge on any atom is -0.341 e. The molecular formula is C14H33O2PS2. The Kier molecular flexibility index (Phi) is 13.5. The number of unbranched alkanes of at least 4 members (excludes halogenated alkanes) is 8. The molecule has 0 heterocycles. The summed E-state index contributed by atoms with van der Waals surface area (Å²) in [5.41, 5.74) is -2.91. The summed E-state index contributed by atoms with van der Waals surface area (Å²) in [7, 11) is -0.266. The van der Waals surface area contributed by atoms with Crippen molar-refractivity contribution >= 4 is 28.0 Å². The van der Waals surface area contributed by atoms with E-state index in [0.717, 1.165) is 24.3 Å². The largest absolute Gasteiger partial charge is 0.341 e. The third kappa shape index (κ3) is 12.5. The summed E-state index contributed by atoms with van der Waals surface area (Å²) in [6.07, 6.45) is 12.4. The molecule has 0 bridgehead atoms. The zero-order valence-corrected chi connectivity index (χ0v) is 15.3. The van der Waals surface area contributed by atoms with E-state index in [1.54, 1.807) is 0 Å². The highest BCUT2D eigenvalue weighted by atomic mass is 32.9. The van der Waals surface area contributed by atoms with Gasteiger partial charge in [-0.1, -0.05) is 77.5 Å². The van der Waals surface area contributed by atoms with Gasteiger partial charge in [0.05, 0.1) is 0 Å². The van der Waals surface area contributed by atoms with Crippen LogP contribution in [0.3, 0.4) is 0 Å². The fourth-order valence-corrected chi connectivity index (χ4v) is 7.57. The molecule has 0 aliphatic rings. The predicted molar refractivity (Wildman–Crippen MR) is 95.0 cm³/mol. The molecule has 0 aromatic rings. The van der Waals surface area contributed by atoms with Gasteiger partial charge in [-0.25, -0.2) is 0 Å². The summed E-state index contributed by atoms with van der Waals surface area (Å²) in [6.45, 7) is 4.43. The number of hydrogen-bond acceptors (Lipinski definition) is 0. The molecule has 0 saturated carbocycles. The van der Waals surface area contributed by atoms with E-state index in [-0.39, 0.29) is 10.1 Å². The summed E-state index contributed by atoms with van der Waals surface area (Å²) in [6, 6.07) is 0. The molecule has 0 fully saturated rings. The highest BCUT2D eigenvalue weighted by Crippen LogP contribution is 2.47. The molecule has 0 saturated heterocycles. The molecule has 0 aliphatic heterocycles. The zero-order valence-electron chi connectivity index (χ0n) is 12.7. The van der Waals surface area contributed by atoms with Gasteiger partial charge in [0, 0.05) is 0 Å². The van der Waals surface area contributed by atoms with Gasteiger partial charge in [0.1, 0.15) is 0 Å². The Morgan fingerprint density at radius 2 is 1.11 bits per heavy atom. The van der Waals surface area contributed by atoms with Crippen LogP contribution in [0.15, 0.2) is 0 Å². The van der Waals surface area contributed by atoms with E-state index < -0.39 is 5.69 Å². The van der Waals surface area contributed by atoms with Gasteiger partial charge < -0.3 is 9.79 Å². The third-order valence-electron chi connectivity index (χ3n) is 3.31. The van der Waals surface area contributed by atoms with Gasteiger partial charge in [-0.3, -0.25) is 0 Å². The molecule has 19 heavy (non-hydrogen) atoms. The van der Waals surface area contributed by atoms with Crippen molar-refractivity contribution in [3.05, 3.63) is 0 Å². The van der Waals surface area contributed by atoms with Crippen LogP contribution in [-0.2, 0) is 10.1 Å². The fraction of sp³-hybridized carbons (Fsp3) is 1.00. The van der Waals surface area contributed by atoms with Crippen molar-refractivity contribution in [1.29, 1.82) is 0 Å². The molecule has 0 aromatic heterocycles. The second-order valence-electron chi connectivity index (χ2n) is 5.21. The molecule has 5 heteroatoms. The fourth-order valence-electron chi connectivity index (χ4n) is 2.09. The second kappa shape index (κ2) is 12.8. The average Bonchev–Trinajstić information content (AvgIpc) is 2.34. The molecule has 0 aromatic carbocycles. The van der Waals surface area contributed by atoms with Crippen LogP contribution in [0.25, 0.3) is 0 Å². The zero-order chi connectivity index (χ0) is 14.6. The van der Waals surface area contributed by atoms with E-state index in [2.05, 4.69) is 26.1 Å². The summed E-state index contributed by atoms with van der Waals surface area (Å²) in [5, 5.41) is 0. The van der Waals surface area contributed by atoms with E-state index in [0.29, 0.717) is 0 Å². The highest BCUT2D eigenvalue weighted by molar-refractivity contribution is 8.65. The highest BCUT2D eigenvalue weighted by Gasteiger charge is 2.10. The van der Waals surface area contributed by atoms with Crippen LogP contribution in [0.4, 0.5) is 0 Å². The van der Waals surface area contributed by atoms with Crippen molar-refractivity contribution < 1.29 is 9.79 Å². The van der Waals surface area contributed by atoms with Crippen LogP contribution in [0.5, 0.6) is 0 Å². The Labute approximate surface area is 127 Å². The Hall–Kier alpha value is 1.05. The molecule has 0 rings (SSSR count). The maximum absolute atomic E-state index is 9.83. The first kappa shape index (κ1) is 20.1. The first-order valence-electron chi connectivity index (χ1n) is 7.77. The molecule has 0 unspecified atom stereocenters. The SMILES string of the molecule is CCCCCCCS(CCCCCCC)=P(O)(O)S. The van der Waals surface area contributed by atoms with Gasteiger partial charge in [0.25, 0.3) is 0 Å². The van der Waals surface area contributed by atoms with Gasteiger partial charge in [-0.15, -0.1) is 10.1 Å².